The fourth-order valence-electron chi connectivity index (χ4n) is 3.58. The van der Waals surface area contributed by atoms with E-state index in [-0.39, 0.29) is 12.5 Å². The van der Waals surface area contributed by atoms with Gasteiger partial charge in [-0.1, -0.05) is 41.2 Å². The van der Waals surface area contributed by atoms with Crippen LogP contribution in [0.25, 0.3) is 33.1 Å². The quantitative estimate of drug-likeness (QED) is 0.272. The lowest BCUT2D eigenvalue weighted by atomic mass is 10.1. The Balaban J connectivity index is 1.22. The number of fused-ring (bicyclic) bond motifs is 1. The van der Waals surface area contributed by atoms with E-state index in [4.69, 9.17) is 9.15 Å². The van der Waals surface area contributed by atoms with Crippen LogP contribution in [0.15, 0.2) is 77.2 Å². The zero-order valence-corrected chi connectivity index (χ0v) is 20.5. The number of aryl methyl sites for hydroxylation is 1. The molecule has 0 saturated heterocycles. The van der Waals surface area contributed by atoms with Gasteiger partial charge in [-0.15, -0.1) is 10.2 Å². The first kappa shape index (κ1) is 23.4. The Kier molecular flexibility index (Phi) is 6.55. The molecule has 3 aromatic carbocycles. The Morgan fingerprint density at radius 2 is 1.56 bits per heavy atom. The maximum absolute atomic E-state index is 12.8. The number of ether oxygens (including phenoxy) is 1. The van der Waals surface area contributed by atoms with Gasteiger partial charge in [0.15, 0.2) is 11.7 Å². The average Bonchev–Trinajstić information content (AvgIpc) is 3.56. The second kappa shape index (κ2) is 10.1. The van der Waals surface area contributed by atoms with E-state index < -0.39 is 5.97 Å². The van der Waals surface area contributed by atoms with Crippen molar-refractivity contribution in [3.63, 3.8) is 0 Å². The van der Waals surface area contributed by atoms with Crippen LogP contribution in [0.4, 0.5) is 5.13 Å². The smallest absolute Gasteiger partial charge is 0.338 e. The molecule has 0 radical (unpaired) electrons. The summed E-state index contributed by atoms with van der Waals surface area (Å²) in [5, 5.41) is 8.79. The van der Waals surface area contributed by atoms with Crippen molar-refractivity contribution < 1.29 is 18.7 Å². The molecule has 0 aliphatic carbocycles. The van der Waals surface area contributed by atoms with Crippen LogP contribution >= 0.6 is 11.3 Å². The van der Waals surface area contributed by atoms with Crippen LogP contribution < -0.4 is 4.90 Å². The molecule has 36 heavy (non-hydrogen) atoms. The van der Waals surface area contributed by atoms with Crippen LogP contribution in [0, 0.1) is 6.92 Å². The molecule has 0 N–H and O–H groups in total. The fourth-order valence-corrected chi connectivity index (χ4v) is 4.63. The van der Waals surface area contributed by atoms with Gasteiger partial charge in [0.2, 0.25) is 11.8 Å². The van der Waals surface area contributed by atoms with Gasteiger partial charge >= 0.3 is 5.97 Å². The molecular formula is C27H22N4O4S. The number of para-hydroxylation sites is 1. The van der Waals surface area contributed by atoms with Gasteiger partial charge in [0.1, 0.15) is 0 Å². The molecule has 2 aromatic heterocycles. The summed E-state index contributed by atoms with van der Waals surface area (Å²) in [5.41, 5.74) is 3.78. The van der Waals surface area contributed by atoms with E-state index in [2.05, 4.69) is 15.2 Å². The minimum absolute atomic E-state index is 0.313. The first-order valence-electron chi connectivity index (χ1n) is 11.4. The Labute approximate surface area is 211 Å². The number of aromatic nitrogens is 3. The summed E-state index contributed by atoms with van der Waals surface area (Å²) in [7, 11) is 0. The lowest BCUT2D eigenvalue weighted by Gasteiger charge is -2.17. The number of hydrogen-bond acceptors (Lipinski definition) is 8. The topological polar surface area (TPSA) is 98.4 Å². The highest BCUT2D eigenvalue weighted by atomic mass is 32.1. The number of likely N-dealkylation sites (N-methyl/N-ethyl adjacent to an activating group) is 1. The van der Waals surface area contributed by atoms with E-state index in [0.717, 1.165) is 21.3 Å². The number of amides is 1. The van der Waals surface area contributed by atoms with Gasteiger partial charge < -0.3 is 9.15 Å². The third-order valence-electron chi connectivity index (χ3n) is 5.55. The molecule has 8 nitrogen and oxygen atoms in total. The molecule has 0 bridgehead atoms. The SMILES string of the molecule is CCN(C(=O)COC(=O)c1ccc(-c2nnc(-c3ccc(C)cc3)o2)cc1)c1nc2ccccc2s1. The molecular weight excluding hydrogens is 476 g/mol. The molecule has 0 spiro atoms. The molecule has 2 heterocycles. The zero-order chi connectivity index (χ0) is 25.1. The number of rotatable bonds is 7. The second-order valence-electron chi connectivity index (χ2n) is 8.03. The molecule has 0 unspecified atom stereocenters. The summed E-state index contributed by atoms with van der Waals surface area (Å²) >= 11 is 1.42. The highest BCUT2D eigenvalue weighted by Crippen LogP contribution is 2.29. The van der Waals surface area contributed by atoms with Crippen molar-refractivity contribution in [3.8, 4) is 22.9 Å². The third kappa shape index (κ3) is 4.87. The average molecular weight is 499 g/mol. The van der Waals surface area contributed by atoms with Crippen LogP contribution in [0.2, 0.25) is 0 Å². The Morgan fingerprint density at radius 1 is 0.917 bits per heavy atom. The van der Waals surface area contributed by atoms with E-state index in [0.29, 0.717) is 34.6 Å². The summed E-state index contributed by atoms with van der Waals surface area (Å²) in [5.74, 6) is -0.173. The second-order valence-corrected chi connectivity index (χ2v) is 9.04. The van der Waals surface area contributed by atoms with Crippen molar-refractivity contribution in [1.29, 1.82) is 0 Å². The normalized spacial score (nSPS) is 10.9. The standard InChI is InChI=1S/C27H22N4O4S/c1-3-31(27-28-21-6-4-5-7-22(21)36-27)23(32)16-34-26(33)20-14-12-19(13-15-20)25-30-29-24(35-25)18-10-8-17(2)9-11-18/h4-15H,3,16H2,1-2H3. The van der Waals surface area contributed by atoms with Crippen molar-refractivity contribution >= 4 is 38.6 Å². The number of esters is 1. The summed E-state index contributed by atoms with van der Waals surface area (Å²) in [6.45, 7) is 3.90. The minimum Gasteiger partial charge on any atom is -0.452 e. The van der Waals surface area contributed by atoms with Crippen molar-refractivity contribution in [2.45, 2.75) is 13.8 Å². The van der Waals surface area contributed by atoms with E-state index in [9.17, 15) is 9.59 Å². The fraction of sp³-hybridized carbons (Fsp3) is 0.148. The summed E-state index contributed by atoms with van der Waals surface area (Å²) in [4.78, 5) is 31.3. The highest BCUT2D eigenvalue weighted by molar-refractivity contribution is 7.22. The lowest BCUT2D eigenvalue weighted by molar-refractivity contribution is -0.121. The number of hydrogen-bond donors (Lipinski definition) is 0. The number of nitrogens with zero attached hydrogens (tertiary/aromatic N) is 4. The predicted molar refractivity (Wildman–Crippen MR) is 138 cm³/mol. The summed E-state index contributed by atoms with van der Waals surface area (Å²) in [6, 6.07) is 22.1. The van der Waals surface area contributed by atoms with E-state index in [1.54, 1.807) is 24.3 Å². The molecule has 1 amide bonds. The lowest BCUT2D eigenvalue weighted by Crippen LogP contribution is -2.34. The molecule has 0 aliphatic heterocycles. The summed E-state index contributed by atoms with van der Waals surface area (Å²) < 4.78 is 12.1. The van der Waals surface area contributed by atoms with Gasteiger partial charge in [0.25, 0.3) is 5.91 Å². The first-order chi connectivity index (χ1) is 17.5. The monoisotopic (exact) mass is 498 g/mol. The maximum atomic E-state index is 12.8. The number of benzene rings is 3. The van der Waals surface area contributed by atoms with Crippen LogP contribution in [0.3, 0.4) is 0 Å². The molecule has 180 valence electrons. The van der Waals surface area contributed by atoms with Crippen LogP contribution in [0.1, 0.15) is 22.8 Å². The van der Waals surface area contributed by atoms with Crippen molar-refractivity contribution in [1.82, 2.24) is 15.2 Å². The maximum Gasteiger partial charge on any atom is 0.338 e. The molecule has 5 aromatic rings. The zero-order valence-electron chi connectivity index (χ0n) is 19.7. The number of anilines is 1. The van der Waals surface area contributed by atoms with Crippen LogP contribution in [-0.4, -0.2) is 40.2 Å². The molecule has 5 rings (SSSR count). The highest BCUT2D eigenvalue weighted by Gasteiger charge is 2.20. The van der Waals surface area contributed by atoms with Crippen molar-refractivity contribution in [2.24, 2.45) is 0 Å². The van der Waals surface area contributed by atoms with Crippen molar-refractivity contribution in [2.75, 3.05) is 18.1 Å². The van der Waals surface area contributed by atoms with E-state index in [1.807, 2.05) is 62.4 Å². The van der Waals surface area contributed by atoms with E-state index in [1.165, 1.54) is 16.2 Å². The van der Waals surface area contributed by atoms with E-state index >= 15 is 0 Å². The molecule has 0 aliphatic rings. The first-order valence-corrected chi connectivity index (χ1v) is 12.2. The Bertz CT molecular complexity index is 1490. The van der Waals surface area contributed by atoms with Gasteiger partial charge in [0.05, 0.1) is 15.8 Å². The minimum atomic E-state index is -0.596. The van der Waals surface area contributed by atoms with Gasteiger partial charge in [-0.05, 0) is 62.4 Å². The Hall–Kier alpha value is -4.37. The summed E-state index contributed by atoms with van der Waals surface area (Å²) in [6.07, 6.45) is 0. The van der Waals surface area contributed by atoms with Gasteiger partial charge in [-0.25, -0.2) is 9.78 Å². The predicted octanol–water partition coefficient (Wildman–Crippen LogP) is 5.53. The largest absolute Gasteiger partial charge is 0.452 e. The van der Waals surface area contributed by atoms with Gasteiger partial charge in [-0.2, -0.15) is 0 Å². The van der Waals surface area contributed by atoms with Gasteiger partial charge in [-0.3, -0.25) is 9.69 Å². The molecule has 0 fully saturated rings. The third-order valence-corrected chi connectivity index (χ3v) is 6.61. The number of carbonyl (C=O) groups is 2. The number of thiazole rings is 1. The van der Waals surface area contributed by atoms with Crippen LogP contribution in [-0.2, 0) is 9.53 Å². The molecule has 9 heteroatoms. The Morgan fingerprint density at radius 3 is 2.19 bits per heavy atom. The molecule has 0 atom stereocenters. The van der Waals surface area contributed by atoms with Crippen molar-refractivity contribution in [3.05, 3.63) is 83.9 Å². The van der Waals surface area contributed by atoms with Gasteiger partial charge in [0, 0.05) is 17.7 Å². The molecule has 0 saturated carbocycles. The van der Waals surface area contributed by atoms with Crippen LogP contribution in [0.5, 0.6) is 0 Å². The number of carbonyl (C=O) groups excluding carboxylic acids is 2.